The molecule has 2 aromatic carbocycles. The molecule has 2 aliphatic rings. The minimum atomic E-state index is -0.183. The average Bonchev–Trinajstić information content (AvgIpc) is 2.88. The fraction of sp³-hybridized carbons (Fsp3) is 0.481. The number of benzene rings is 2. The molecule has 0 atom stereocenters. The number of nitrogens with one attached hydrogen (secondary N) is 2. The van der Waals surface area contributed by atoms with E-state index in [9.17, 15) is 9.59 Å². The number of hydrogen-bond donors (Lipinski definition) is 2. The van der Waals surface area contributed by atoms with Gasteiger partial charge in [-0.15, -0.1) is 0 Å². The number of amides is 2. The van der Waals surface area contributed by atoms with Crippen LogP contribution in [0.1, 0.15) is 46.9 Å². The van der Waals surface area contributed by atoms with Gasteiger partial charge < -0.3 is 20.3 Å². The molecule has 0 saturated carbocycles. The van der Waals surface area contributed by atoms with Crippen molar-refractivity contribution >= 4 is 23.2 Å². The van der Waals surface area contributed by atoms with Gasteiger partial charge in [-0.3, -0.25) is 14.5 Å². The van der Waals surface area contributed by atoms with E-state index in [1.165, 1.54) is 0 Å². The molecule has 0 bridgehead atoms. The number of carbonyl (C=O) groups excluding carboxylic acids is 2. The Morgan fingerprint density at radius 1 is 0.971 bits per heavy atom. The van der Waals surface area contributed by atoms with Crippen LogP contribution in [0.25, 0.3) is 0 Å². The maximum atomic E-state index is 13.2. The first kappa shape index (κ1) is 24.2. The number of rotatable bonds is 8. The smallest absolute Gasteiger partial charge is 0.255 e. The first-order valence-electron chi connectivity index (χ1n) is 12.4. The number of carbonyl (C=O) groups is 2. The summed E-state index contributed by atoms with van der Waals surface area (Å²) in [5, 5.41) is 6.05. The summed E-state index contributed by atoms with van der Waals surface area (Å²) < 4.78 is 5.40. The van der Waals surface area contributed by atoms with Gasteiger partial charge in [-0.05, 0) is 62.1 Å². The van der Waals surface area contributed by atoms with Crippen LogP contribution in [0, 0.1) is 5.92 Å². The number of anilines is 2. The number of hydrogen-bond acceptors (Lipinski definition) is 5. The summed E-state index contributed by atoms with van der Waals surface area (Å²) in [7, 11) is 0. The standard InChI is InChI=1S/C27H36N4O3/c1-21-10-14-31(15-11-21)25-9-8-23(29-26(32)22-6-3-2-4-7-22)20-24(25)27(33)28-12-5-13-30-16-18-34-19-17-30/h2-4,6-9,20-21H,5,10-19H2,1H3,(H,28,33)(H,29,32). The summed E-state index contributed by atoms with van der Waals surface area (Å²) in [5.74, 6) is 0.432. The van der Waals surface area contributed by atoms with Gasteiger partial charge in [-0.2, -0.15) is 0 Å². The lowest BCUT2D eigenvalue weighted by atomic mass is 9.97. The number of piperidine rings is 1. The highest BCUT2D eigenvalue weighted by Gasteiger charge is 2.22. The van der Waals surface area contributed by atoms with Crippen molar-refractivity contribution in [3.63, 3.8) is 0 Å². The molecule has 2 heterocycles. The molecule has 2 fully saturated rings. The molecule has 2 N–H and O–H groups in total. The molecule has 0 aromatic heterocycles. The van der Waals surface area contributed by atoms with E-state index in [-0.39, 0.29) is 11.8 Å². The molecule has 0 radical (unpaired) electrons. The summed E-state index contributed by atoms with van der Waals surface area (Å²) in [5.41, 5.74) is 2.77. The molecular formula is C27H36N4O3. The van der Waals surface area contributed by atoms with E-state index < -0.39 is 0 Å². The minimum absolute atomic E-state index is 0.0913. The van der Waals surface area contributed by atoms with Gasteiger partial charge in [0.1, 0.15) is 0 Å². The Morgan fingerprint density at radius 3 is 2.44 bits per heavy atom. The van der Waals surface area contributed by atoms with E-state index >= 15 is 0 Å². The molecule has 0 spiro atoms. The van der Waals surface area contributed by atoms with E-state index in [0.717, 1.165) is 70.9 Å². The van der Waals surface area contributed by atoms with E-state index in [2.05, 4.69) is 27.4 Å². The second kappa shape index (κ2) is 12.0. The molecule has 2 amide bonds. The first-order chi connectivity index (χ1) is 16.6. The van der Waals surface area contributed by atoms with Gasteiger partial charge in [0, 0.05) is 49.7 Å². The molecular weight excluding hydrogens is 428 g/mol. The van der Waals surface area contributed by atoms with E-state index in [4.69, 9.17) is 4.74 Å². The Kier molecular flexibility index (Phi) is 8.55. The first-order valence-corrected chi connectivity index (χ1v) is 12.4. The molecule has 7 nitrogen and oxygen atoms in total. The zero-order chi connectivity index (χ0) is 23.8. The number of ether oxygens (including phenoxy) is 1. The van der Waals surface area contributed by atoms with Crippen LogP contribution in [-0.4, -0.2) is 69.2 Å². The maximum absolute atomic E-state index is 13.2. The van der Waals surface area contributed by atoms with Crippen molar-refractivity contribution in [2.45, 2.75) is 26.2 Å². The lowest BCUT2D eigenvalue weighted by molar-refractivity contribution is 0.0374. The molecule has 2 aromatic rings. The predicted molar refractivity (Wildman–Crippen MR) is 136 cm³/mol. The number of nitrogens with zero attached hydrogens (tertiary/aromatic N) is 2. The van der Waals surface area contributed by atoms with Gasteiger partial charge >= 0.3 is 0 Å². The normalized spacial score (nSPS) is 17.4. The largest absolute Gasteiger partial charge is 0.379 e. The molecule has 2 aliphatic heterocycles. The Hall–Kier alpha value is -2.90. The van der Waals surface area contributed by atoms with Crippen molar-refractivity contribution in [3.05, 3.63) is 59.7 Å². The Balaban J connectivity index is 1.44. The maximum Gasteiger partial charge on any atom is 0.255 e. The van der Waals surface area contributed by atoms with Crippen LogP contribution in [0.15, 0.2) is 48.5 Å². The third-order valence-electron chi connectivity index (χ3n) is 6.70. The monoisotopic (exact) mass is 464 g/mol. The van der Waals surface area contributed by atoms with Gasteiger partial charge in [-0.25, -0.2) is 0 Å². The Labute approximate surface area is 202 Å². The van der Waals surface area contributed by atoms with Crippen LogP contribution < -0.4 is 15.5 Å². The van der Waals surface area contributed by atoms with Gasteiger partial charge in [0.2, 0.25) is 0 Å². The highest BCUT2D eigenvalue weighted by molar-refractivity contribution is 6.06. The third kappa shape index (κ3) is 6.58. The third-order valence-corrected chi connectivity index (χ3v) is 6.70. The Morgan fingerprint density at radius 2 is 1.71 bits per heavy atom. The molecule has 4 rings (SSSR count). The second-order valence-corrected chi connectivity index (χ2v) is 9.29. The van der Waals surface area contributed by atoms with Gasteiger partial charge in [0.25, 0.3) is 11.8 Å². The summed E-state index contributed by atoms with van der Waals surface area (Å²) in [4.78, 5) is 30.6. The lowest BCUT2D eigenvalue weighted by Crippen LogP contribution is -2.38. The van der Waals surface area contributed by atoms with Crippen molar-refractivity contribution in [2.75, 3.05) is 62.7 Å². The van der Waals surface area contributed by atoms with Crippen LogP contribution in [0.5, 0.6) is 0 Å². The van der Waals surface area contributed by atoms with Crippen molar-refractivity contribution in [1.82, 2.24) is 10.2 Å². The summed E-state index contributed by atoms with van der Waals surface area (Å²) >= 11 is 0. The van der Waals surface area contributed by atoms with Crippen molar-refractivity contribution in [1.29, 1.82) is 0 Å². The predicted octanol–water partition coefficient (Wildman–Crippen LogP) is 3.63. The van der Waals surface area contributed by atoms with Crippen LogP contribution in [0.2, 0.25) is 0 Å². The summed E-state index contributed by atoms with van der Waals surface area (Å²) in [6.07, 6.45) is 3.13. The molecule has 7 heteroatoms. The van der Waals surface area contributed by atoms with Crippen LogP contribution in [0.4, 0.5) is 11.4 Å². The van der Waals surface area contributed by atoms with Crippen LogP contribution in [-0.2, 0) is 4.74 Å². The van der Waals surface area contributed by atoms with E-state index in [0.29, 0.717) is 29.3 Å². The van der Waals surface area contributed by atoms with Crippen molar-refractivity contribution in [2.24, 2.45) is 5.92 Å². The SMILES string of the molecule is CC1CCN(c2ccc(NC(=O)c3ccccc3)cc2C(=O)NCCCN2CCOCC2)CC1. The quantitative estimate of drug-likeness (QED) is 0.584. The fourth-order valence-corrected chi connectivity index (χ4v) is 4.54. The number of morpholine rings is 1. The molecule has 34 heavy (non-hydrogen) atoms. The summed E-state index contributed by atoms with van der Waals surface area (Å²) in [6, 6.07) is 14.8. The topological polar surface area (TPSA) is 73.9 Å². The molecule has 0 unspecified atom stereocenters. The van der Waals surface area contributed by atoms with Crippen molar-refractivity contribution < 1.29 is 14.3 Å². The Bertz CT molecular complexity index is 952. The second-order valence-electron chi connectivity index (χ2n) is 9.29. The fourth-order valence-electron chi connectivity index (χ4n) is 4.54. The highest BCUT2D eigenvalue weighted by Crippen LogP contribution is 2.29. The van der Waals surface area contributed by atoms with Crippen LogP contribution >= 0.6 is 0 Å². The van der Waals surface area contributed by atoms with Gasteiger partial charge in [-0.1, -0.05) is 25.1 Å². The molecule has 0 aliphatic carbocycles. The summed E-state index contributed by atoms with van der Waals surface area (Å²) in [6.45, 7) is 9.20. The zero-order valence-corrected chi connectivity index (χ0v) is 20.1. The van der Waals surface area contributed by atoms with Crippen molar-refractivity contribution in [3.8, 4) is 0 Å². The molecule has 182 valence electrons. The van der Waals surface area contributed by atoms with Gasteiger partial charge in [0.05, 0.1) is 18.8 Å². The lowest BCUT2D eigenvalue weighted by Gasteiger charge is -2.33. The average molecular weight is 465 g/mol. The van der Waals surface area contributed by atoms with E-state index in [1.807, 2.05) is 36.4 Å². The molecule has 2 saturated heterocycles. The zero-order valence-electron chi connectivity index (χ0n) is 20.1. The minimum Gasteiger partial charge on any atom is -0.379 e. The van der Waals surface area contributed by atoms with Gasteiger partial charge in [0.15, 0.2) is 0 Å². The highest BCUT2D eigenvalue weighted by atomic mass is 16.5. The van der Waals surface area contributed by atoms with Crippen LogP contribution in [0.3, 0.4) is 0 Å². The van der Waals surface area contributed by atoms with E-state index in [1.54, 1.807) is 12.1 Å².